The van der Waals surface area contributed by atoms with Gasteiger partial charge in [0.1, 0.15) is 0 Å². The molecule has 11 aromatic rings. The first-order valence-electron chi connectivity index (χ1n) is 19.7. The van der Waals surface area contributed by atoms with E-state index in [4.69, 9.17) is 9.97 Å². The number of aromatic nitrogens is 4. The summed E-state index contributed by atoms with van der Waals surface area (Å²) in [5.74, 6) is 0.621. The van der Waals surface area contributed by atoms with Gasteiger partial charge in [-0.05, 0) is 71.3 Å². The summed E-state index contributed by atoms with van der Waals surface area (Å²) in [5, 5.41) is 5.81. The minimum Gasteiger partial charge on any atom is -0.309 e. The lowest BCUT2D eigenvalue weighted by Gasteiger charge is -2.16. The van der Waals surface area contributed by atoms with E-state index in [1.54, 1.807) is 0 Å². The monoisotopic (exact) mass is 772 g/mol. The van der Waals surface area contributed by atoms with Crippen LogP contribution in [0.3, 0.4) is 0 Å². The maximum Gasteiger partial charge on any atom is 0.235 e. The van der Waals surface area contributed by atoms with Crippen molar-refractivity contribution >= 4 is 75.9 Å². The van der Waals surface area contributed by atoms with Gasteiger partial charge < -0.3 is 4.57 Å². The second-order valence-corrected chi connectivity index (χ2v) is 15.9. The Hall–Kier alpha value is -7.60. The summed E-state index contributed by atoms with van der Waals surface area (Å²) >= 11 is 1.82. The van der Waals surface area contributed by atoms with Crippen molar-refractivity contribution in [1.82, 2.24) is 19.1 Å². The van der Waals surface area contributed by atoms with Crippen molar-refractivity contribution < 1.29 is 0 Å². The van der Waals surface area contributed by atoms with E-state index in [0.29, 0.717) is 5.95 Å². The van der Waals surface area contributed by atoms with Gasteiger partial charge in [0.2, 0.25) is 5.95 Å². The molecule has 0 atom stereocenters. The first kappa shape index (κ1) is 34.6. The third kappa shape index (κ3) is 5.91. The fraction of sp³-hybridized carbons (Fsp3) is 0. The molecule has 278 valence electrons. The van der Waals surface area contributed by atoms with Crippen LogP contribution >= 0.6 is 11.3 Å². The molecule has 0 fully saturated rings. The molecule has 0 bridgehead atoms. The minimum atomic E-state index is 0.621. The van der Waals surface area contributed by atoms with Crippen LogP contribution in [-0.4, -0.2) is 19.1 Å². The predicted molar refractivity (Wildman–Crippen MR) is 251 cm³/mol. The van der Waals surface area contributed by atoms with Gasteiger partial charge in [0.05, 0.1) is 27.9 Å². The highest BCUT2D eigenvalue weighted by Gasteiger charge is 2.19. The van der Waals surface area contributed by atoms with Crippen molar-refractivity contribution in [3.05, 3.63) is 218 Å². The van der Waals surface area contributed by atoms with Gasteiger partial charge in [-0.2, -0.15) is 0 Å². The molecule has 0 amide bonds. The summed E-state index contributed by atoms with van der Waals surface area (Å²) < 4.78 is 7.00. The zero-order chi connectivity index (χ0) is 39.5. The fourth-order valence-corrected chi connectivity index (χ4v) is 9.50. The van der Waals surface area contributed by atoms with E-state index >= 15 is 0 Å². The summed E-state index contributed by atoms with van der Waals surface area (Å²) in [6, 6.07) is 61.8. The molecule has 7 aromatic carbocycles. The molecule has 0 unspecified atom stereocenters. The number of fused-ring (bicyclic) bond motifs is 6. The average molecular weight is 773 g/mol. The SMILES string of the molecule is C=C(/C=C\c1cn(-c2nc(-c3ccc4sc5ccccc5c4c3)c3ccccc3n2)c2ccccc12)C(=C)c1ccccc1-c1cc2ccccc2n1-c1ccccc1. The molecule has 4 heterocycles. The first-order valence-corrected chi connectivity index (χ1v) is 20.5. The van der Waals surface area contributed by atoms with Crippen LogP contribution in [0, 0.1) is 0 Å². The van der Waals surface area contributed by atoms with Gasteiger partial charge in [-0.25, -0.2) is 9.97 Å². The molecule has 0 aliphatic carbocycles. The van der Waals surface area contributed by atoms with Gasteiger partial charge in [0.25, 0.3) is 0 Å². The maximum atomic E-state index is 5.32. The van der Waals surface area contributed by atoms with Crippen molar-refractivity contribution in [2.24, 2.45) is 0 Å². The Morgan fingerprint density at radius 3 is 2.15 bits per heavy atom. The molecule has 4 aromatic heterocycles. The molecule has 0 aliphatic rings. The normalized spacial score (nSPS) is 11.8. The van der Waals surface area contributed by atoms with Crippen LogP contribution in [0.15, 0.2) is 207 Å². The van der Waals surface area contributed by atoms with Crippen LogP contribution in [0.2, 0.25) is 0 Å². The fourth-order valence-electron chi connectivity index (χ4n) is 8.41. The second kappa shape index (κ2) is 14.1. The minimum absolute atomic E-state index is 0.621. The van der Waals surface area contributed by atoms with Crippen molar-refractivity contribution in [2.45, 2.75) is 0 Å². The van der Waals surface area contributed by atoms with Crippen LogP contribution in [-0.2, 0) is 0 Å². The third-order valence-corrected chi connectivity index (χ3v) is 12.5. The number of nitrogens with zero attached hydrogens (tertiary/aromatic N) is 4. The quantitative estimate of drug-likeness (QED) is 0.144. The summed E-state index contributed by atoms with van der Waals surface area (Å²) in [5.41, 5.74) is 12.1. The molecule has 5 heteroatoms. The van der Waals surface area contributed by atoms with Gasteiger partial charge in [0.15, 0.2) is 0 Å². The number of benzene rings is 7. The Labute approximate surface area is 345 Å². The zero-order valence-electron chi connectivity index (χ0n) is 32.1. The molecular weight excluding hydrogens is 737 g/mol. The predicted octanol–water partition coefficient (Wildman–Crippen LogP) is 14.5. The highest BCUT2D eigenvalue weighted by Crippen LogP contribution is 2.39. The Kier molecular flexibility index (Phi) is 8.28. The number of para-hydroxylation sites is 4. The van der Waals surface area contributed by atoms with Crippen molar-refractivity contribution in [1.29, 1.82) is 0 Å². The molecule has 0 aliphatic heterocycles. The Morgan fingerprint density at radius 2 is 1.27 bits per heavy atom. The summed E-state index contributed by atoms with van der Waals surface area (Å²) in [7, 11) is 0. The van der Waals surface area contributed by atoms with Crippen molar-refractivity contribution in [3.63, 3.8) is 0 Å². The van der Waals surface area contributed by atoms with Crippen LogP contribution < -0.4 is 0 Å². The molecule has 4 nitrogen and oxygen atoms in total. The van der Waals surface area contributed by atoms with Crippen LogP contribution in [0.25, 0.3) is 98.7 Å². The Balaban J connectivity index is 0.975. The van der Waals surface area contributed by atoms with E-state index < -0.39 is 0 Å². The van der Waals surface area contributed by atoms with E-state index in [2.05, 4.69) is 210 Å². The van der Waals surface area contributed by atoms with E-state index in [1.165, 1.54) is 25.6 Å². The first-order chi connectivity index (χ1) is 29.1. The summed E-state index contributed by atoms with van der Waals surface area (Å²) in [6.07, 6.45) is 6.34. The summed E-state index contributed by atoms with van der Waals surface area (Å²) in [6.45, 7) is 9.15. The molecule has 0 saturated heterocycles. The van der Waals surface area contributed by atoms with E-state index in [-0.39, 0.29) is 0 Å². The molecule has 0 radical (unpaired) electrons. The lowest BCUT2D eigenvalue weighted by molar-refractivity contribution is 0.983. The lowest BCUT2D eigenvalue weighted by atomic mass is 9.93. The number of hydrogen-bond donors (Lipinski definition) is 0. The van der Waals surface area contributed by atoms with Crippen molar-refractivity contribution in [3.8, 4) is 34.2 Å². The largest absolute Gasteiger partial charge is 0.309 e. The highest BCUT2D eigenvalue weighted by molar-refractivity contribution is 7.25. The number of allylic oxidation sites excluding steroid dienone is 3. The third-order valence-electron chi connectivity index (χ3n) is 11.3. The molecule has 0 N–H and O–H groups in total. The van der Waals surface area contributed by atoms with Crippen LogP contribution in [0.5, 0.6) is 0 Å². The van der Waals surface area contributed by atoms with Gasteiger partial charge in [0, 0.05) is 64.9 Å². The Bertz CT molecular complexity index is 3490. The van der Waals surface area contributed by atoms with Crippen LogP contribution in [0.4, 0.5) is 0 Å². The molecule has 0 saturated carbocycles. The van der Waals surface area contributed by atoms with Gasteiger partial charge >= 0.3 is 0 Å². The average Bonchev–Trinajstić information content (AvgIpc) is 3.99. The Morgan fingerprint density at radius 1 is 0.576 bits per heavy atom. The highest BCUT2D eigenvalue weighted by atomic mass is 32.1. The maximum absolute atomic E-state index is 5.32. The standard InChI is InChI=1S/C54H36N4S/c1-35(36(2)41-19-7-8-21-43(41)50-33-37-16-6-13-25-48(37)58(50)40-17-4-3-5-18-40)28-29-39-34-57(49-26-14-10-20-42(39)49)54-55-47-24-12-9-23-45(47)53(56-54)38-30-31-52-46(32-38)44-22-11-15-27-51(44)59-52/h3-34H,1-2H2/b29-28-. The molecular formula is C54H36N4S. The topological polar surface area (TPSA) is 35.6 Å². The van der Waals surface area contributed by atoms with E-state index in [1.807, 2.05) is 17.4 Å². The van der Waals surface area contributed by atoms with E-state index in [9.17, 15) is 0 Å². The van der Waals surface area contributed by atoms with Gasteiger partial charge in [-0.15, -0.1) is 11.3 Å². The number of hydrogen-bond acceptors (Lipinski definition) is 3. The molecule has 59 heavy (non-hydrogen) atoms. The van der Waals surface area contributed by atoms with Gasteiger partial charge in [-0.3, -0.25) is 4.57 Å². The lowest BCUT2D eigenvalue weighted by Crippen LogP contribution is -2.02. The smallest absolute Gasteiger partial charge is 0.235 e. The molecule has 0 spiro atoms. The van der Waals surface area contributed by atoms with E-state index in [0.717, 1.165) is 77.8 Å². The van der Waals surface area contributed by atoms with Gasteiger partial charge in [-0.1, -0.05) is 147 Å². The number of rotatable bonds is 8. The van der Waals surface area contributed by atoms with Crippen LogP contribution in [0.1, 0.15) is 11.1 Å². The second-order valence-electron chi connectivity index (χ2n) is 14.8. The number of thiophene rings is 1. The molecule has 11 rings (SSSR count). The zero-order valence-corrected chi connectivity index (χ0v) is 32.9. The van der Waals surface area contributed by atoms with Crippen molar-refractivity contribution in [2.75, 3.05) is 0 Å². The summed E-state index contributed by atoms with van der Waals surface area (Å²) in [4.78, 5) is 10.5.